The Kier molecular flexibility index (Phi) is 4.80. The number of hydrogen-bond donors (Lipinski definition) is 1. The van der Waals surface area contributed by atoms with Crippen LogP contribution in [0, 0.1) is 5.92 Å². The number of amidine groups is 1. The molecule has 1 aromatic carbocycles. The van der Waals surface area contributed by atoms with Gasteiger partial charge >= 0.3 is 0 Å². The van der Waals surface area contributed by atoms with Gasteiger partial charge in [-0.2, -0.15) is 0 Å². The van der Waals surface area contributed by atoms with Gasteiger partial charge in [-0.3, -0.25) is 4.99 Å². The molecule has 0 radical (unpaired) electrons. The highest BCUT2D eigenvalue weighted by Crippen LogP contribution is 2.25. The fourth-order valence-corrected chi connectivity index (χ4v) is 1.74. The summed E-state index contributed by atoms with van der Waals surface area (Å²) in [7, 11) is 1.63. The first-order valence-electron chi connectivity index (χ1n) is 5.18. The number of rotatable bonds is 4. The van der Waals surface area contributed by atoms with Crippen molar-refractivity contribution in [2.24, 2.45) is 16.6 Å². The van der Waals surface area contributed by atoms with Crippen LogP contribution >= 0.6 is 15.9 Å². The van der Waals surface area contributed by atoms with E-state index < -0.39 is 0 Å². The fourth-order valence-electron chi connectivity index (χ4n) is 1.20. The van der Waals surface area contributed by atoms with Crippen molar-refractivity contribution in [1.82, 2.24) is 0 Å². The number of benzene rings is 1. The van der Waals surface area contributed by atoms with Crippen molar-refractivity contribution >= 4 is 21.8 Å². The molecule has 0 aliphatic rings. The lowest BCUT2D eigenvalue weighted by atomic mass is 10.2. The van der Waals surface area contributed by atoms with E-state index >= 15 is 0 Å². The largest absolute Gasteiger partial charge is 0.496 e. The maximum absolute atomic E-state index is 5.89. The highest BCUT2D eigenvalue weighted by Gasteiger charge is 2.04. The Balaban J connectivity index is 2.88. The van der Waals surface area contributed by atoms with Crippen LogP contribution in [0.3, 0.4) is 0 Å². The molecule has 2 N–H and O–H groups in total. The summed E-state index contributed by atoms with van der Waals surface area (Å²) in [5, 5.41) is 0. The number of ether oxygens (including phenoxy) is 1. The van der Waals surface area contributed by atoms with E-state index in [1.54, 1.807) is 7.11 Å². The van der Waals surface area contributed by atoms with Gasteiger partial charge in [-0.05, 0) is 40.0 Å². The molecule has 0 spiro atoms. The molecule has 0 fully saturated rings. The van der Waals surface area contributed by atoms with Crippen LogP contribution in [0.15, 0.2) is 27.7 Å². The van der Waals surface area contributed by atoms with Crippen molar-refractivity contribution in [3.63, 3.8) is 0 Å². The van der Waals surface area contributed by atoms with E-state index in [1.165, 1.54) is 0 Å². The first kappa shape index (κ1) is 13.0. The zero-order chi connectivity index (χ0) is 12.1. The molecule has 0 bridgehead atoms. The van der Waals surface area contributed by atoms with Crippen LogP contribution in [0.4, 0.5) is 0 Å². The summed E-state index contributed by atoms with van der Waals surface area (Å²) in [6, 6.07) is 5.69. The van der Waals surface area contributed by atoms with Gasteiger partial charge in [-0.25, -0.2) is 0 Å². The maximum Gasteiger partial charge on any atom is 0.133 e. The second-order valence-electron chi connectivity index (χ2n) is 3.97. The molecular weight excluding hydrogens is 268 g/mol. The van der Waals surface area contributed by atoms with Gasteiger partial charge in [0.1, 0.15) is 11.6 Å². The Labute approximate surface area is 105 Å². The molecule has 16 heavy (non-hydrogen) atoms. The summed E-state index contributed by atoms with van der Waals surface area (Å²) in [6.07, 6.45) is 0. The molecule has 88 valence electrons. The van der Waals surface area contributed by atoms with Gasteiger partial charge in [0.05, 0.1) is 11.6 Å². The van der Waals surface area contributed by atoms with Gasteiger partial charge < -0.3 is 10.5 Å². The van der Waals surface area contributed by atoms with Gasteiger partial charge in [-0.1, -0.05) is 13.8 Å². The third-order valence-corrected chi connectivity index (χ3v) is 2.69. The van der Waals surface area contributed by atoms with Crippen LogP contribution in [-0.4, -0.2) is 19.5 Å². The van der Waals surface area contributed by atoms with Crippen LogP contribution in [0.25, 0.3) is 0 Å². The minimum Gasteiger partial charge on any atom is -0.496 e. The SMILES string of the molecule is COc1ccc(C(N)=NCC(C)C)cc1Br. The lowest BCUT2D eigenvalue weighted by Crippen LogP contribution is -2.15. The van der Waals surface area contributed by atoms with E-state index in [-0.39, 0.29) is 0 Å². The molecule has 1 aromatic rings. The van der Waals surface area contributed by atoms with Crippen molar-refractivity contribution in [3.05, 3.63) is 28.2 Å². The van der Waals surface area contributed by atoms with Gasteiger partial charge in [0.2, 0.25) is 0 Å². The van der Waals surface area contributed by atoms with Crippen LogP contribution < -0.4 is 10.5 Å². The predicted molar refractivity (Wildman–Crippen MR) is 71.1 cm³/mol. The van der Waals surface area contributed by atoms with Gasteiger partial charge in [0.25, 0.3) is 0 Å². The predicted octanol–water partition coefficient (Wildman–Crippen LogP) is 2.82. The number of nitrogens with zero attached hydrogens (tertiary/aromatic N) is 1. The molecule has 0 aliphatic heterocycles. The zero-order valence-corrected chi connectivity index (χ0v) is 11.4. The molecule has 0 amide bonds. The van der Waals surface area contributed by atoms with E-state index in [2.05, 4.69) is 34.8 Å². The Morgan fingerprint density at radius 2 is 2.19 bits per heavy atom. The number of halogens is 1. The Bertz CT molecular complexity index is 389. The van der Waals surface area contributed by atoms with Crippen molar-refractivity contribution in [1.29, 1.82) is 0 Å². The number of aliphatic imine (C=N–C) groups is 1. The van der Waals surface area contributed by atoms with Crippen molar-refractivity contribution in [2.45, 2.75) is 13.8 Å². The third kappa shape index (κ3) is 3.52. The summed E-state index contributed by atoms with van der Waals surface area (Å²) in [5.41, 5.74) is 6.80. The average Bonchev–Trinajstić information content (AvgIpc) is 2.25. The lowest BCUT2D eigenvalue weighted by Gasteiger charge is -2.06. The van der Waals surface area contributed by atoms with E-state index in [0.29, 0.717) is 11.8 Å². The van der Waals surface area contributed by atoms with E-state index in [1.807, 2.05) is 18.2 Å². The maximum atomic E-state index is 5.89. The van der Waals surface area contributed by atoms with E-state index in [9.17, 15) is 0 Å². The Hall–Kier alpha value is -1.03. The summed E-state index contributed by atoms with van der Waals surface area (Å²) in [4.78, 5) is 4.32. The fraction of sp³-hybridized carbons (Fsp3) is 0.417. The lowest BCUT2D eigenvalue weighted by molar-refractivity contribution is 0.412. The quantitative estimate of drug-likeness (QED) is 0.683. The monoisotopic (exact) mass is 284 g/mol. The molecule has 0 saturated carbocycles. The number of hydrogen-bond acceptors (Lipinski definition) is 2. The smallest absolute Gasteiger partial charge is 0.133 e. The molecule has 3 nitrogen and oxygen atoms in total. The first-order valence-corrected chi connectivity index (χ1v) is 5.97. The third-order valence-electron chi connectivity index (χ3n) is 2.07. The molecule has 0 heterocycles. The molecular formula is C12H17BrN2O. The molecule has 0 aliphatic carbocycles. The summed E-state index contributed by atoms with van der Waals surface area (Å²) in [5.74, 6) is 1.87. The van der Waals surface area contributed by atoms with E-state index in [4.69, 9.17) is 10.5 Å². The molecule has 0 atom stereocenters. The Morgan fingerprint density at radius 3 is 2.69 bits per heavy atom. The summed E-state index contributed by atoms with van der Waals surface area (Å²) < 4.78 is 6.03. The Morgan fingerprint density at radius 1 is 1.50 bits per heavy atom. The highest BCUT2D eigenvalue weighted by molar-refractivity contribution is 9.10. The first-order chi connectivity index (χ1) is 7.54. The van der Waals surface area contributed by atoms with Crippen LogP contribution in [0.1, 0.15) is 19.4 Å². The van der Waals surface area contributed by atoms with Gasteiger partial charge in [-0.15, -0.1) is 0 Å². The number of methoxy groups -OCH3 is 1. The van der Waals surface area contributed by atoms with Crippen molar-refractivity contribution < 1.29 is 4.74 Å². The van der Waals surface area contributed by atoms with Gasteiger partial charge in [0, 0.05) is 12.1 Å². The summed E-state index contributed by atoms with van der Waals surface area (Å²) >= 11 is 3.42. The van der Waals surface area contributed by atoms with E-state index in [0.717, 1.165) is 22.3 Å². The van der Waals surface area contributed by atoms with Crippen LogP contribution in [0.2, 0.25) is 0 Å². The molecule has 0 saturated heterocycles. The highest BCUT2D eigenvalue weighted by atomic mass is 79.9. The minimum atomic E-state index is 0.514. The minimum absolute atomic E-state index is 0.514. The summed E-state index contributed by atoms with van der Waals surface area (Å²) in [6.45, 7) is 4.97. The topological polar surface area (TPSA) is 47.6 Å². The second kappa shape index (κ2) is 5.89. The average molecular weight is 285 g/mol. The van der Waals surface area contributed by atoms with Gasteiger partial charge in [0.15, 0.2) is 0 Å². The standard InChI is InChI=1S/C12H17BrN2O/c1-8(2)7-15-12(14)9-4-5-11(16-3)10(13)6-9/h4-6,8H,7H2,1-3H3,(H2,14,15). The molecule has 4 heteroatoms. The number of nitrogens with two attached hydrogens (primary N) is 1. The molecule has 0 unspecified atom stereocenters. The molecule has 0 aromatic heterocycles. The van der Waals surface area contributed by atoms with Crippen molar-refractivity contribution in [3.8, 4) is 5.75 Å². The van der Waals surface area contributed by atoms with Crippen molar-refractivity contribution in [2.75, 3.05) is 13.7 Å². The zero-order valence-electron chi connectivity index (χ0n) is 9.83. The van der Waals surface area contributed by atoms with Crippen LogP contribution in [-0.2, 0) is 0 Å². The molecule has 1 rings (SSSR count). The normalized spacial score (nSPS) is 11.9. The second-order valence-corrected chi connectivity index (χ2v) is 4.82. The van der Waals surface area contributed by atoms with Crippen LogP contribution in [0.5, 0.6) is 5.75 Å².